The third-order valence-electron chi connectivity index (χ3n) is 4.17. The summed E-state index contributed by atoms with van der Waals surface area (Å²) in [5.41, 5.74) is 1.47. The summed E-state index contributed by atoms with van der Waals surface area (Å²) in [6.45, 7) is 6.12. The van der Waals surface area contributed by atoms with Crippen LogP contribution in [0.15, 0.2) is 18.3 Å². The third-order valence-corrected chi connectivity index (χ3v) is 4.17. The van der Waals surface area contributed by atoms with E-state index in [4.69, 9.17) is 0 Å². The van der Waals surface area contributed by atoms with Crippen LogP contribution in [0.1, 0.15) is 56.4 Å². The monoisotopic (exact) mass is 289 g/mol. The molecule has 0 saturated heterocycles. The van der Waals surface area contributed by atoms with Crippen LogP contribution in [0.25, 0.3) is 0 Å². The molecule has 4 heteroatoms. The summed E-state index contributed by atoms with van der Waals surface area (Å²) in [6.07, 6.45) is 7.89. The number of nitrogens with one attached hydrogen (secondary N) is 2. The Kier molecular flexibility index (Phi) is 6.03. The molecule has 0 radical (unpaired) electrons. The topological polar surface area (TPSA) is 54.0 Å². The number of pyridine rings is 1. The maximum Gasteiger partial charge on any atom is 0.269 e. The van der Waals surface area contributed by atoms with Gasteiger partial charge in [0.25, 0.3) is 5.91 Å². The lowest BCUT2D eigenvalue weighted by molar-refractivity contribution is 0.0935. The molecule has 1 amide bonds. The Morgan fingerprint density at radius 3 is 2.90 bits per heavy atom. The van der Waals surface area contributed by atoms with Gasteiger partial charge >= 0.3 is 0 Å². The van der Waals surface area contributed by atoms with Crippen molar-refractivity contribution in [2.45, 2.75) is 46.0 Å². The first kappa shape index (κ1) is 15.8. The maximum atomic E-state index is 12.1. The minimum Gasteiger partial charge on any atom is -0.384 e. The molecule has 2 rings (SSSR count). The highest BCUT2D eigenvalue weighted by atomic mass is 16.1. The highest BCUT2D eigenvalue weighted by Crippen LogP contribution is 2.27. The molecule has 1 aromatic rings. The van der Waals surface area contributed by atoms with Crippen LogP contribution >= 0.6 is 0 Å². The summed E-state index contributed by atoms with van der Waals surface area (Å²) in [5, 5.41) is 6.28. The Hall–Kier alpha value is -1.58. The second-order valence-electron chi connectivity index (χ2n) is 6.21. The summed E-state index contributed by atoms with van der Waals surface area (Å²) < 4.78 is 0. The van der Waals surface area contributed by atoms with Gasteiger partial charge in [0.05, 0.1) is 11.9 Å². The van der Waals surface area contributed by atoms with E-state index in [0.29, 0.717) is 11.6 Å². The smallest absolute Gasteiger partial charge is 0.269 e. The Bertz CT molecular complexity index is 444. The first-order valence-corrected chi connectivity index (χ1v) is 8.17. The molecule has 0 aromatic carbocycles. The molecule has 2 unspecified atom stereocenters. The predicted octanol–water partition coefficient (Wildman–Crippen LogP) is 3.46. The van der Waals surface area contributed by atoms with Crippen molar-refractivity contribution in [2.75, 3.05) is 18.4 Å². The summed E-state index contributed by atoms with van der Waals surface area (Å²) >= 11 is 0. The lowest BCUT2D eigenvalue weighted by Crippen LogP contribution is -2.31. The number of nitrogens with zero attached hydrogens (tertiary/aromatic N) is 1. The second kappa shape index (κ2) is 8.01. The van der Waals surface area contributed by atoms with Crippen molar-refractivity contribution in [3.8, 4) is 0 Å². The summed E-state index contributed by atoms with van der Waals surface area (Å²) in [4.78, 5) is 16.3. The van der Waals surface area contributed by atoms with Gasteiger partial charge in [-0.05, 0) is 43.2 Å². The Labute approximate surface area is 127 Å². The number of carbonyl (C=O) groups excluding carboxylic acids is 1. The molecule has 2 atom stereocenters. The number of amides is 1. The highest BCUT2D eigenvalue weighted by molar-refractivity contribution is 5.92. The normalized spacial score (nSPS) is 21.8. The molecule has 1 fully saturated rings. The molecule has 0 bridgehead atoms. The Balaban J connectivity index is 1.79. The first-order chi connectivity index (χ1) is 10.2. The maximum absolute atomic E-state index is 12.1. The molecular formula is C17H27N3O. The SMILES string of the molecule is CCCNc1ccc(C(=O)NCC2CCCC(C)C2)nc1. The van der Waals surface area contributed by atoms with Gasteiger partial charge in [-0.25, -0.2) is 4.98 Å². The van der Waals surface area contributed by atoms with E-state index in [2.05, 4.69) is 29.5 Å². The van der Waals surface area contributed by atoms with Crippen LogP contribution in [0.5, 0.6) is 0 Å². The molecule has 1 aliphatic rings. The van der Waals surface area contributed by atoms with E-state index in [1.807, 2.05) is 6.07 Å². The zero-order chi connectivity index (χ0) is 15.1. The number of rotatable bonds is 6. The van der Waals surface area contributed by atoms with Crippen LogP contribution in [-0.2, 0) is 0 Å². The van der Waals surface area contributed by atoms with Crippen LogP contribution in [-0.4, -0.2) is 24.0 Å². The van der Waals surface area contributed by atoms with Gasteiger partial charge in [-0.3, -0.25) is 4.79 Å². The molecule has 0 aliphatic heterocycles. The van der Waals surface area contributed by atoms with Gasteiger partial charge in [0.2, 0.25) is 0 Å². The Morgan fingerprint density at radius 1 is 1.38 bits per heavy atom. The molecule has 0 spiro atoms. The largest absolute Gasteiger partial charge is 0.384 e. The van der Waals surface area contributed by atoms with Crippen molar-refractivity contribution in [1.82, 2.24) is 10.3 Å². The fourth-order valence-corrected chi connectivity index (χ4v) is 2.97. The van der Waals surface area contributed by atoms with Crippen molar-refractivity contribution < 1.29 is 4.79 Å². The van der Waals surface area contributed by atoms with Gasteiger partial charge in [-0.2, -0.15) is 0 Å². The average molecular weight is 289 g/mol. The molecule has 1 heterocycles. The number of hydrogen-bond acceptors (Lipinski definition) is 3. The average Bonchev–Trinajstić information content (AvgIpc) is 2.51. The zero-order valence-electron chi connectivity index (χ0n) is 13.2. The summed E-state index contributed by atoms with van der Waals surface area (Å²) in [5.74, 6) is 1.36. The van der Waals surface area contributed by atoms with Gasteiger partial charge < -0.3 is 10.6 Å². The highest BCUT2D eigenvalue weighted by Gasteiger charge is 2.19. The quantitative estimate of drug-likeness (QED) is 0.843. The van der Waals surface area contributed by atoms with Crippen molar-refractivity contribution in [1.29, 1.82) is 0 Å². The summed E-state index contributed by atoms with van der Waals surface area (Å²) in [6, 6.07) is 3.71. The molecule has 1 aliphatic carbocycles. The van der Waals surface area contributed by atoms with Crippen LogP contribution in [0.3, 0.4) is 0 Å². The van der Waals surface area contributed by atoms with Gasteiger partial charge in [0.1, 0.15) is 5.69 Å². The number of anilines is 1. The summed E-state index contributed by atoms with van der Waals surface area (Å²) in [7, 11) is 0. The third kappa shape index (κ3) is 5.03. The fourth-order valence-electron chi connectivity index (χ4n) is 2.97. The molecular weight excluding hydrogens is 262 g/mol. The minimum atomic E-state index is -0.0599. The second-order valence-corrected chi connectivity index (χ2v) is 6.21. The lowest BCUT2D eigenvalue weighted by atomic mass is 9.82. The molecule has 116 valence electrons. The van der Waals surface area contributed by atoms with Gasteiger partial charge in [0.15, 0.2) is 0 Å². The molecule has 21 heavy (non-hydrogen) atoms. The lowest BCUT2D eigenvalue weighted by Gasteiger charge is -2.26. The van der Waals surface area contributed by atoms with E-state index in [-0.39, 0.29) is 5.91 Å². The number of hydrogen-bond donors (Lipinski definition) is 2. The van der Waals surface area contributed by atoms with E-state index in [0.717, 1.165) is 31.1 Å². The molecule has 1 saturated carbocycles. The van der Waals surface area contributed by atoms with Crippen molar-refractivity contribution in [2.24, 2.45) is 11.8 Å². The van der Waals surface area contributed by atoms with Gasteiger partial charge in [0, 0.05) is 13.1 Å². The fraction of sp³-hybridized carbons (Fsp3) is 0.647. The standard InChI is InChI=1S/C17H27N3O/c1-3-9-18-15-7-8-16(19-12-15)17(21)20-11-14-6-4-5-13(2)10-14/h7-8,12-14,18H,3-6,9-11H2,1-2H3,(H,20,21). The first-order valence-electron chi connectivity index (χ1n) is 8.17. The van der Waals surface area contributed by atoms with E-state index in [9.17, 15) is 4.79 Å². The van der Waals surface area contributed by atoms with Crippen LogP contribution in [0.2, 0.25) is 0 Å². The van der Waals surface area contributed by atoms with E-state index >= 15 is 0 Å². The van der Waals surface area contributed by atoms with E-state index < -0.39 is 0 Å². The molecule has 4 nitrogen and oxygen atoms in total. The van der Waals surface area contributed by atoms with Crippen LogP contribution in [0.4, 0.5) is 5.69 Å². The van der Waals surface area contributed by atoms with E-state index in [1.165, 1.54) is 25.7 Å². The zero-order valence-corrected chi connectivity index (χ0v) is 13.2. The Morgan fingerprint density at radius 2 is 2.24 bits per heavy atom. The molecule has 2 N–H and O–H groups in total. The van der Waals surface area contributed by atoms with E-state index in [1.54, 1.807) is 12.3 Å². The molecule has 1 aromatic heterocycles. The van der Waals surface area contributed by atoms with Crippen LogP contribution in [0, 0.1) is 11.8 Å². The van der Waals surface area contributed by atoms with Crippen LogP contribution < -0.4 is 10.6 Å². The van der Waals surface area contributed by atoms with Gasteiger partial charge in [-0.1, -0.05) is 26.7 Å². The predicted molar refractivity (Wildman–Crippen MR) is 86.5 cm³/mol. The van der Waals surface area contributed by atoms with Crippen molar-refractivity contribution in [3.05, 3.63) is 24.0 Å². The number of carbonyl (C=O) groups is 1. The minimum absolute atomic E-state index is 0.0599. The number of aromatic nitrogens is 1. The van der Waals surface area contributed by atoms with Crippen molar-refractivity contribution >= 4 is 11.6 Å². The van der Waals surface area contributed by atoms with Gasteiger partial charge in [-0.15, -0.1) is 0 Å². The van der Waals surface area contributed by atoms with Crippen molar-refractivity contribution in [3.63, 3.8) is 0 Å².